The summed E-state index contributed by atoms with van der Waals surface area (Å²) in [6.07, 6.45) is 0. The normalized spacial score (nSPS) is 11.2. The van der Waals surface area contributed by atoms with Crippen LogP contribution in [0.25, 0.3) is 10.6 Å². The van der Waals surface area contributed by atoms with Crippen LogP contribution in [0.5, 0.6) is 0 Å². The molecule has 1 heterocycles. The zero-order chi connectivity index (χ0) is 13.8. The van der Waals surface area contributed by atoms with Crippen LogP contribution in [0.1, 0.15) is 24.4 Å². The molecule has 0 saturated heterocycles. The summed E-state index contributed by atoms with van der Waals surface area (Å²) in [5.41, 5.74) is 2.34. The van der Waals surface area contributed by atoms with Gasteiger partial charge in [0, 0.05) is 16.6 Å². The average molecular weight is 340 g/mol. The van der Waals surface area contributed by atoms with E-state index >= 15 is 0 Å². The summed E-state index contributed by atoms with van der Waals surface area (Å²) in [5.74, 6) is 0.652. The van der Waals surface area contributed by atoms with Crippen LogP contribution >= 0.6 is 27.3 Å². The number of rotatable bonds is 5. The second-order valence-corrected chi connectivity index (χ2v) is 6.93. The molecule has 0 fully saturated rings. The molecule has 5 heteroatoms. The molecule has 0 radical (unpaired) electrons. The first-order chi connectivity index (χ1) is 9.06. The van der Waals surface area contributed by atoms with E-state index in [-0.39, 0.29) is 0 Å². The van der Waals surface area contributed by atoms with Crippen molar-refractivity contribution >= 4 is 27.3 Å². The first-order valence-corrected chi connectivity index (χ1v) is 7.97. The molecular weight excluding hydrogens is 322 g/mol. The zero-order valence-electron chi connectivity index (χ0n) is 11.4. The number of nitrogens with one attached hydrogen (secondary N) is 1. The average Bonchev–Trinajstić information content (AvgIpc) is 2.77. The summed E-state index contributed by atoms with van der Waals surface area (Å²) in [6, 6.07) is 6.29. The van der Waals surface area contributed by atoms with Gasteiger partial charge in [0.15, 0.2) is 0 Å². The third-order valence-electron chi connectivity index (χ3n) is 2.65. The lowest BCUT2D eigenvalue weighted by atomic mass is 10.2. The van der Waals surface area contributed by atoms with E-state index < -0.39 is 0 Å². The fourth-order valence-corrected chi connectivity index (χ4v) is 3.36. The van der Waals surface area contributed by atoms with Crippen LogP contribution in [0.2, 0.25) is 0 Å². The molecule has 2 rings (SSSR count). The van der Waals surface area contributed by atoms with E-state index in [1.165, 1.54) is 5.56 Å². The third kappa shape index (κ3) is 4.09. The summed E-state index contributed by atoms with van der Waals surface area (Å²) < 4.78 is 1.07. The molecule has 0 aliphatic heterocycles. The van der Waals surface area contributed by atoms with Gasteiger partial charge in [-0.15, -0.1) is 10.2 Å². The van der Waals surface area contributed by atoms with E-state index in [9.17, 15) is 0 Å². The van der Waals surface area contributed by atoms with Gasteiger partial charge in [-0.3, -0.25) is 0 Å². The van der Waals surface area contributed by atoms with Gasteiger partial charge in [-0.2, -0.15) is 0 Å². The molecule has 0 spiro atoms. The second-order valence-electron chi connectivity index (χ2n) is 5.01. The van der Waals surface area contributed by atoms with E-state index in [4.69, 9.17) is 0 Å². The lowest BCUT2D eigenvalue weighted by Crippen LogP contribution is -2.18. The molecule has 0 unspecified atom stereocenters. The van der Waals surface area contributed by atoms with Crippen LogP contribution in [0, 0.1) is 12.8 Å². The topological polar surface area (TPSA) is 37.8 Å². The van der Waals surface area contributed by atoms with Crippen LogP contribution in [0.15, 0.2) is 22.7 Å². The van der Waals surface area contributed by atoms with Crippen molar-refractivity contribution in [2.75, 3.05) is 6.54 Å². The van der Waals surface area contributed by atoms with Crippen LogP contribution in [0.3, 0.4) is 0 Å². The Morgan fingerprint density at radius 3 is 2.79 bits per heavy atom. The smallest absolute Gasteiger partial charge is 0.148 e. The highest BCUT2D eigenvalue weighted by molar-refractivity contribution is 9.10. The Bertz CT molecular complexity index is 551. The van der Waals surface area contributed by atoms with Crippen LogP contribution < -0.4 is 5.32 Å². The number of benzene rings is 1. The Labute approximate surface area is 126 Å². The van der Waals surface area contributed by atoms with Gasteiger partial charge < -0.3 is 5.32 Å². The molecule has 0 saturated carbocycles. The minimum atomic E-state index is 0.652. The van der Waals surface area contributed by atoms with Crippen molar-refractivity contribution in [1.82, 2.24) is 15.5 Å². The monoisotopic (exact) mass is 339 g/mol. The first-order valence-electron chi connectivity index (χ1n) is 6.36. The molecule has 1 aromatic carbocycles. The fourth-order valence-electron chi connectivity index (χ4n) is 1.70. The maximum atomic E-state index is 4.27. The maximum absolute atomic E-state index is 4.27. The van der Waals surface area contributed by atoms with Gasteiger partial charge in [-0.05, 0) is 31.0 Å². The molecule has 1 aromatic heterocycles. The first kappa shape index (κ1) is 14.6. The van der Waals surface area contributed by atoms with Crippen molar-refractivity contribution in [2.24, 2.45) is 5.92 Å². The number of halogens is 1. The van der Waals surface area contributed by atoms with E-state index in [0.29, 0.717) is 5.92 Å². The highest BCUT2D eigenvalue weighted by atomic mass is 79.9. The second kappa shape index (κ2) is 6.59. The number of hydrogen-bond acceptors (Lipinski definition) is 4. The minimum absolute atomic E-state index is 0.652. The Morgan fingerprint density at radius 1 is 1.32 bits per heavy atom. The van der Waals surface area contributed by atoms with Gasteiger partial charge in [0.2, 0.25) is 0 Å². The van der Waals surface area contributed by atoms with Crippen LogP contribution in [0.4, 0.5) is 0 Å². The van der Waals surface area contributed by atoms with E-state index in [0.717, 1.165) is 33.1 Å². The van der Waals surface area contributed by atoms with Crippen molar-refractivity contribution in [1.29, 1.82) is 0 Å². The molecule has 0 atom stereocenters. The summed E-state index contributed by atoms with van der Waals surface area (Å²) >= 11 is 5.23. The van der Waals surface area contributed by atoms with Crippen LogP contribution in [-0.2, 0) is 6.54 Å². The Kier molecular flexibility index (Phi) is 5.07. The SMILES string of the molecule is Cc1ccc(-c2nnc(CNCC(C)C)s2)c(Br)c1. The lowest BCUT2D eigenvalue weighted by Gasteiger charge is -2.04. The lowest BCUT2D eigenvalue weighted by molar-refractivity contribution is 0.550. The molecule has 1 N–H and O–H groups in total. The van der Waals surface area contributed by atoms with Crippen molar-refractivity contribution in [2.45, 2.75) is 27.3 Å². The summed E-state index contributed by atoms with van der Waals surface area (Å²) in [7, 11) is 0. The van der Waals surface area contributed by atoms with Gasteiger partial charge >= 0.3 is 0 Å². The third-order valence-corrected chi connectivity index (χ3v) is 4.26. The van der Waals surface area contributed by atoms with E-state index in [2.05, 4.69) is 70.4 Å². The van der Waals surface area contributed by atoms with Crippen molar-refractivity contribution in [3.05, 3.63) is 33.2 Å². The van der Waals surface area contributed by atoms with Gasteiger partial charge in [0.1, 0.15) is 10.0 Å². The molecule has 0 aliphatic rings. The van der Waals surface area contributed by atoms with Gasteiger partial charge in [0.05, 0.1) is 0 Å². The number of aryl methyl sites for hydroxylation is 1. The molecule has 0 amide bonds. The predicted octanol–water partition coefficient (Wildman–Crippen LogP) is 4.02. The van der Waals surface area contributed by atoms with Crippen LogP contribution in [-0.4, -0.2) is 16.7 Å². The number of nitrogens with zero attached hydrogens (tertiary/aromatic N) is 2. The highest BCUT2D eigenvalue weighted by Gasteiger charge is 2.09. The van der Waals surface area contributed by atoms with Crippen molar-refractivity contribution < 1.29 is 0 Å². The molecule has 3 nitrogen and oxygen atoms in total. The molecule has 0 bridgehead atoms. The largest absolute Gasteiger partial charge is 0.310 e. The molecular formula is C14H18BrN3S. The number of aromatic nitrogens is 2. The summed E-state index contributed by atoms with van der Waals surface area (Å²) in [4.78, 5) is 0. The predicted molar refractivity (Wildman–Crippen MR) is 84.3 cm³/mol. The van der Waals surface area contributed by atoms with Gasteiger partial charge in [0.25, 0.3) is 0 Å². The van der Waals surface area contributed by atoms with Crippen molar-refractivity contribution in [3.8, 4) is 10.6 Å². The van der Waals surface area contributed by atoms with E-state index in [1.54, 1.807) is 11.3 Å². The van der Waals surface area contributed by atoms with Gasteiger partial charge in [-0.1, -0.05) is 53.2 Å². The van der Waals surface area contributed by atoms with Crippen molar-refractivity contribution in [3.63, 3.8) is 0 Å². The number of hydrogen-bond donors (Lipinski definition) is 1. The summed E-state index contributed by atoms with van der Waals surface area (Å²) in [6.45, 7) is 8.27. The highest BCUT2D eigenvalue weighted by Crippen LogP contribution is 2.31. The summed E-state index contributed by atoms with van der Waals surface area (Å²) in [5, 5.41) is 13.9. The molecule has 2 aromatic rings. The minimum Gasteiger partial charge on any atom is -0.310 e. The molecule has 102 valence electrons. The zero-order valence-corrected chi connectivity index (χ0v) is 13.8. The fraction of sp³-hybridized carbons (Fsp3) is 0.429. The quantitative estimate of drug-likeness (QED) is 0.893. The standard InChI is InChI=1S/C14H18BrN3S/c1-9(2)7-16-8-13-17-18-14(19-13)11-5-4-10(3)6-12(11)15/h4-6,9,16H,7-8H2,1-3H3. The van der Waals surface area contributed by atoms with E-state index in [1.807, 2.05) is 0 Å². The molecule has 19 heavy (non-hydrogen) atoms. The Morgan fingerprint density at radius 2 is 2.11 bits per heavy atom. The Balaban J connectivity index is 2.08. The maximum Gasteiger partial charge on any atom is 0.148 e. The van der Waals surface area contributed by atoms with Gasteiger partial charge in [-0.25, -0.2) is 0 Å². The molecule has 0 aliphatic carbocycles. The Hall–Kier alpha value is -0.780.